The number of aryl methyl sites for hydroxylation is 2. The molecule has 158 valence electrons. The zero-order valence-electron chi connectivity index (χ0n) is 18.5. The van der Waals surface area contributed by atoms with Crippen molar-refractivity contribution in [3.63, 3.8) is 0 Å². The monoisotopic (exact) mass is 419 g/mol. The lowest BCUT2D eigenvalue weighted by Gasteiger charge is -2.23. The average Bonchev–Trinajstić information content (AvgIpc) is 3.18. The van der Waals surface area contributed by atoms with Gasteiger partial charge in [0, 0.05) is 24.1 Å². The third-order valence-electron chi connectivity index (χ3n) is 5.99. The molecule has 0 saturated heterocycles. The molecule has 0 aliphatic rings. The summed E-state index contributed by atoms with van der Waals surface area (Å²) in [6, 6.07) is 26.8. The van der Waals surface area contributed by atoms with Gasteiger partial charge >= 0.3 is 0 Å². The Hall–Kier alpha value is -3.92. The summed E-state index contributed by atoms with van der Waals surface area (Å²) >= 11 is 0. The SMILES string of the molecule is CC(=O)N(Cc1ccc(C)cc1)c1c(-c2ccccc2C)nc2c3ccccc3ccn12. The minimum atomic E-state index is -0.0182. The van der Waals surface area contributed by atoms with Gasteiger partial charge in [-0.3, -0.25) is 14.1 Å². The molecule has 0 unspecified atom stereocenters. The number of aromatic nitrogens is 2. The van der Waals surface area contributed by atoms with Gasteiger partial charge in [0.25, 0.3) is 0 Å². The second-order valence-electron chi connectivity index (χ2n) is 8.29. The Balaban J connectivity index is 1.79. The Morgan fingerprint density at radius 3 is 2.38 bits per heavy atom. The summed E-state index contributed by atoms with van der Waals surface area (Å²) in [5.41, 5.74) is 6.11. The molecule has 0 N–H and O–H groups in total. The summed E-state index contributed by atoms with van der Waals surface area (Å²) in [7, 11) is 0. The number of amides is 1. The largest absolute Gasteiger partial charge is 0.292 e. The molecule has 0 atom stereocenters. The molecule has 4 nitrogen and oxygen atoms in total. The first-order valence-electron chi connectivity index (χ1n) is 10.8. The lowest BCUT2D eigenvalue weighted by molar-refractivity contribution is -0.116. The van der Waals surface area contributed by atoms with Gasteiger partial charge in [-0.15, -0.1) is 0 Å². The van der Waals surface area contributed by atoms with Crippen molar-refractivity contribution in [1.29, 1.82) is 0 Å². The van der Waals surface area contributed by atoms with Crippen LogP contribution in [0, 0.1) is 13.8 Å². The molecule has 4 heteroatoms. The molecule has 0 aliphatic heterocycles. The fraction of sp³-hybridized carbons (Fsp3) is 0.143. The van der Waals surface area contributed by atoms with Crippen LogP contribution in [0.1, 0.15) is 23.6 Å². The smallest absolute Gasteiger partial charge is 0.225 e. The minimum Gasteiger partial charge on any atom is -0.292 e. The third-order valence-corrected chi connectivity index (χ3v) is 5.99. The van der Waals surface area contributed by atoms with E-state index < -0.39 is 0 Å². The van der Waals surface area contributed by atoms with Gasteiger partial charge in [-0.2, -0.15) is 0 Å². The van der Waals surface area contributed by atoms with Crippen molar-refractivity contribution in [1.82, 2.24) is 9.38 Å². The number of hydrogen-bond donors (Lipinski definition) is 0. The van der Waals surface area contributed by atoms with Crippen LogP contribution in [0.5, 0.6) is 0 Å². The summed E-state index contributed by atoms with van der Waals surface area (Å²) in [6.07, 6.45) is 2.02. The number of carbonyl (C=O) groups is 1. The Labute approximate surface area is 187 Å². The Kier molecular flexibility index (Phi) is 4.98. The second-order valence-corrected chi connectivity index (χ2v) is 8.29. The van der Waals surface area contributed by atoms with Gasteiger partial charge < -0.3 is 0 Å². The van der Waals surface area contributed by atoms with Gasteiger partial charge in [-0.25, -0.2) is 4.98 Å². The first kappa shape index (κ1) is 20.0. The molecule has 0 fully saturated rings. The number of anilines is 1. The molecule has 32 heavy (non-hydrogen) atoms. The van der Waals surface area contributed by atoms with Crippen molar-refractivity contribution < 1.29 is 4.79 Å². The molecule has 1 amide bonds. The van der Waals surface area contributed by atoms with Crippen LogP contribution in [-0.4, -0.2) is 15.3 Å². The lowest BCUT2D eigenvalue weighted by atomic mass is 10.1. The first-order chi connectivity index (χ1) is 15.5. The normalized spacial score (nSPS) is 11.2. The average molecular weight is 420 g/mol. The van der Waals surface area contributed by atoms with Crippen LogP contribution in [0.15, 0.2) is 85.1 Å². The summed E-state index contributed by atoms with van der Waals surface area (Å²) in [6.45, 7) is 6.25. The molecule has 5 aromatic rings. The standard InChI is InChI=1S/C28H25N3O/c1-19-12-14-22(15-13-19)18-31(21(3)32)28-26(24-10-6-4-8-20(24)2)29-27-25-11-7-5-9-23(25)16-17-30(27)28/h4-17H,18H2,1-3H3. The summed E-state index contributed by atoms with van der Waals surface area (Å²) < 4.78 is 2.06. The summed E-state index contributed by atoms with van der Waals surface area (Å²) in [5.74, 6) is 0.781. The van der Waals surface area contributed by atoms with E-state index in [0.29, 0.717) is 6.54 Å². The van der Waals surface area contributed by atoms with E-state index in [1.54, 1.807) is 6.92 Å². The van der Waals surface area contributed by atoms with E-state index in [4.69, 9.17) is 4.98 Å². The van der Waals surface area contributed by atoms with Crippen molar-refractivity contribution in [3.8, 4) is 11.3 Å². The van der Waals surface area contributed by atoms with Crippen molar-refractivity contribution in [2.45, 2.75) is 27.3 Å². The van der Waals surface area contributed by atoms with Crippen LogP contribution in [0.4, 0.5) is 5.82 Å². The van der Waals surface area contributed by atoms with Crippen molar-refractivity contribution in [3.05, 3.63) is 102 Å². The number of pyridine rings is 1. The van der Waals surface area contributed by atoms with E-state index in [-0.39, 0.29) is 5.91 Å². The molecule has 3 aromatic carbocycles. The number of hydrogen-bond acceptors (Lipinski definition) is 2. The molecule has 0 spiro atoms. The Morgan fingerprint density at radius 1 is 0.906 bits per heavy atom. The molecule has 0 saturated carbocycles. The second kappa shape index (κ2) is 7.97. The van der Waals surface area contributed by atoms with Crippen LogP contribution in [0.3, 0.4) is 0 Å². The van der Waals surface area contributed by atoms with Gasteiger partial charge in [-0.1, -0.05) is 78.4 Å². The van der Waals surface area contributed by atoms with Gasteiger partial charge in [-0.05, 0) is 36.4 Å². The minimum absolute atomic E-state index is 0.0182. The third kappa shape index (κ3) is 3.44. The maximum atomic E-state index is 13.0. The zero-order chi connectivity index (χ0) is 22.2. The van der Waals surface area contributed by atoms with Gasteiger partial charge in [0.2, 0.25) is 5.91 Å². The topological polar surface area (TPSA) is 37.6 Å². The van der Waals surface area contributed by atoms with Crippen LogP contribution in [0.25, 0.3) is 27.7 Å². The van der Waals surface area contributed by atoms with Crippen LogP contribution >= 0.6 is 0 Å². The first-order valence-corrected chi connectivity index (χ1v) is 10.8. The molecule has 2 heterocycles. The molecule has 2 aromatic heterocycles. The van der Waals surface area contributed by atoms with Crippen molar-refractivity contribution in [2.24, 2.45) is 0 Å². The van der Waals surface area contributed by atoms with E-state index in [1.165, 1.54) is 5.56 Å². The number of rotatable bonds is 4. The zero-order valence-corrected chi connectivity index (χ0v) is 18.5. The highest BCUT2D eigenvalue weighted by Gasteiger charge is 2.24. The highest BCUT2D eigenvalue weighted by Crippen LogP contribution is 2.36. The lowest BCUT2D eigenvalue weighted by Crippen LogP contribution is -2.29. The predicted molar refractivity (Wildman–Crippen MR) is 131 cm³/mol. The molecule has 0 radical (unpaired) electrons. The maximum Gasteiger partial charge on any atom is 0.225 e. The quantitative estimate of drug-likeness (QED) is 0.342. The van der Waals surface area contributed by atoms with Gasteiger partial charge in [0.15, 0.2) is 0 Å². The van der Waals surface area contributed by atoms with E-state index >= 15 is 0 Å². The highest BCUT2D eigenvalue weighted by atomic mass is 16.2. The molecule has 0 bridgehead atoms. The van der Waals surface area contributed by atoms with E-state index in [0.717, 1.165) is 44.6 Å². The van der Waals surface area contributed by atoms with Crippen molar-refractivity contribution in [2.75, 3.05) is 4.90 Å². The number of imidazole rings is 1. The fourth-order valence-electron chi connectivity index (χ4n) is 4.24. The summed E-state index contributed by atoms with van der Waals surface area (Å²) in [5, 5.41) is 2.19. The van der Waals surface area contributed by atoms with Crippen LogP contribution in [0.2, 0.25) is 0 Å². The highest BCUT2D eigenvalue weighted by molar-refractivity contribution is 6.00. The molecule has 0 aliphatic carbocycles. The number of nitrogens with zero attached hydrogens (tertiary/aromatic N) is 3. The Bertz CT molecular complexity index is 1450. The molecular formula is C28H25N3O. The van der Waals surface area contributed by atoms with E-state index in [9.17, 15) is 4.79 Å². The number of benzene rings is 3. The van der Waals surface area contributed by atoms with Crippen LogP contribution in [-0.2, 0) is 11.3 Å². The summed E-state index contributed by atoms with van der Waals surface area (Å²) in [4.78, 5) is 19.9. The van der Waals surface area contributed by atoms with Crippen LogP contribution < -0.4 is 4.90 Å². The number of carbonyl (C=O) groups excluding carboxylic acids is 1. The van der Waals surface area contributed by atoms with Gasteiger partial charge in [0.05, 0.1) is 6.54 Å². The van der Waals surface area contributed by atoms with Crippen molar-refractivity contribution >= 4 is 28.1 Å². The predicted octanol–water partition coefficient (Wildman–Crippen LogP) is 6.32. The Morgan fingerprint density at radius 2 is 1.62 bits per heavy atom. The van der Waals surface area contributed by atoms with Gasteiger partial charge in [0.1, 0.15) is 17.2 Å². The van der Waals surface area contributed by atoms with E-state index in [1.807, 2.05) is 35.4 Å². The van der Waals surface area contributed by atoms with E-state index in [2.05, 4.69) is 72.8 Å². The fourth-order valence-corrected chi connectivity index (χ4v) is 4.24. The maximum absolute atomic E-state index is 13.0. The number of fused-ring (bicyclic) bond motifs is 3. The molecular weight excluding hydrogens is 394 g/mol. The molecule has 5 rings (SSSR count).